The molecule has 8 nitrogen and oxygen atoms in total. The number of anilines is 2. The zero-order chi connectivity index (χ0) is 20.4. The number of hydrogen-bond acceptors (Lipinski definition) is 8. The summed E-state index contributed by atoms with van der Waals surface area (Å²) < 4.78 is 0. The van der Waals surface area contributed by atoms with E-state index in [0.29, 0.717) is 28.8 Å². The summed E-state index contributed by atoms with van der Waals surface area (Å²) in [4.78, 5) is 17.5. The van der Waals surface area contributed by atoms with E-state index in [-0.39, 0.29) is 0 Å². The second kappa shape index (κ2) is 9.65. The molecule has 30 heavy (non-hydrogen) atoms. The molecule has 0 bridgehead atoms. The molecule has 8 heteroatoms. The fourth-order valence-corrected chi connectivity index (χ4v) is 2.52. The average molecular weight is 394 g/mol. The van der Waals surface area contributed by atoms with E-state index in [1.54, 1.807) is 30.9 Å². The molecule has 0 amide bonds. The van der Waals surface area contributed by atoms with Gasteiger partial charge in [-0.3, -0.25) is 10.9 Å². The van der Waals surface area contributed by atoms with Gasteiger partial charge >= 0.3 is 0 Å². The van der Waals surface area contributed by atoms with E-state index in [1.807, 2.05) is 66.7 Å². The van der Waals surface area contributed by atoms with Crippen molar-refractivity contribution in [2.75, 3.05) is 10.9 Å². The maximum Gasteiger partial charge on any atom is 0.160 e. The first-order chi connectivity index (χ1) is 14.9. The Morgan fingerprint density at radius 1 is 0.633 bits per heavy atom. The summed E-state index contributed by atoms with van der Waals surface area (Å²) in [5, 5.41) is 8.44. The van der Waals surface area contributed by atoms with Gasteiger partial charge in [-0.2, -0.15) is 10.2 Å². The third-order valence-electron chi connectivity index (χ3n) is 3.88. The standard InChI is InChI=1S/C22H18N8/c1-2-8-17(9-3-1)22-27-18(15-25-29-20-10-4-6-12-23-20)14-19(28-22)16-26-30-21-11-5-7-13-24-21/h1-16H,(H,23,29)(H,24,30)/b25-15+,26-16+. The van der Waals surface area contributed by atoms with Gasteiger partial charge in [0.2, 0.25) is 0 Å². The molecule has 0 radical (unpaired) electrons. The Morgan fingerprint density at radius 3 is 1.67 bits per heavy atom. The lowest BCUT2D eigenvalue weighted by atomic mass is 10.2. The predicted octanol–water partition coefficient (Wildman–Crippen LogP) is 3.83. The van der Waals surface area contributed by atoms with E-state index >= 15 is 0 Å². The molecule has 3 aromatic heterocycles. The lowest BCUT2D eigenvalue weighted by molar-refractivity contribution is 1.14. The number of rotatable bonds is 7. The Bertz CT molecular complexity index is 1060. The third kappa shape index (κ3) is 5.29. The minimum Gasteiger partial charge on any atom is -0.261 e. The smallest absolute Gasteiger partial charge is 0.160 e. The minimum atomic E-state index is 0.580. The van der Waals surface area contributed by atoms with Crippen LogP contribution in [0.3, 0.4) is 0 Å². The molecule has 0 unspecified atom stereocenters. The van der Waals surface area contributed by atoms with E-state index < -0.39 is 0 Å². The molecule has 0 saturated carbocycles. The van der Waals surface area contributed by atoms with Crippen LogP contribution in [0.15, 0.2) is 95.4 Å². The van der Waals surface area contributed by atoms with Gasteiger partial charge in [0, 0.05) is 18.0 Å². The van der Waals surface area contributed by atoms with Gasteiger partial charge in [0.1, 0.15) is 11.6 Å². The van der Waals surface area contributed by atoms with Crippen molar-refractivity contribution >= 4 is 24.1 Å². The van der Waals surface area contributed by atoms with Crippen LogP contribution in [0.4, 0.5) is 11.6 Å². The summed E-state index contributed by atoms with van der Waals surface area (Å²) in [6.45, 7) is 0. The van der Waals surface area contributed by atoms with Gasteiger partial charge in [-0.15, -0.1) is 0 Å². The van der Waals surface area contributed by atoms with Crippen molar-refractivity contribution in [3.05, 3.63) is 96.6 Å². The van der Waals surface area contributed by atoms with Gasteiger partial charge in [0.25, 0.3) is 0 Å². The van der Waals surface area contributed by atoms with Crippen LogP contribution in [-0.4, -0.2) is 32.4 Å². The van der Waals surface area contributed by atoms with Gasteiger partial charge < -0.3 is 0 Å². The number of nitrogens with one attached hydrogen (secondary N) is 2. The van der Waals surface area contributed by atoms with Crippen molar-refractivity contribution < 1.29 is 0 Å². The van der Waals surface area contributed by atoms with Crippen LogP contribution in [0.1, 0.15) is 11.4 Å². The van der Waals surface area contributed by atoms with Gasteiger partial charge in [0.05, 0.1) is 23.8 Å². The minimum absolute atomic E-state index is 0.580. The predicted molar refractivity (Wildman–Crippen MR) is 118 cm³/mol. The summed E-state index contributed by atoms with van der Waals surface area (Å²) in [6, 6.07) is 22.6. The second-order valence-corrected chi connectivity index (χ2v) is 6.08. The quantitative estimate of drug-likeness (QED) is 0.365. The Balaban J connectivity index is 1.57. The maximum absolute atomic E-state index is 4.59. The fraction of sp³-hybridized carbons (Fsp3) is 0. The van der Waals surface area contributed by atoms with Crippen molar-refractivity contribution in [1.82, 2.24) is 19.9 Å². The zero-order valence-corrected chi connectivity index (χ0v) is 15.9. The Labute approximate surface area is 173 Å². The van der Waals surface area contributed by atoms with Gasteiger partial charge in [0.15, 0.2) is 5.82 Å². The molecule has 0 atom stereocenters. The number of aromatic nitrogens is 4. The van der Waals surface area contributed by atoms with Gasteiger partial charge in [-0.25, -0.2) is 19.9 Å². The van der Waals surface area contributed by atoms with Crippen molar-refractivity contribution in [1.29, 1.82) is 0 Å². The number of pyridine rings is 2. The highest BCUT2D eigenvalue weighted by atomic mass is 15.3. The van der Waals surface area contributed by atoms with Crippen LogP contribution >= 0.6 is 0 Å². The number of hydrazone groups is 2. The highest BCUT2D eigenvalue weighted by Crippen LogP contribution is 2.15. The van der Waals surface area contributed by atoms with Crippen LogP contribution in [0, 0.1) is 0 Å². The molecular formula is C22H18N8. The van der Waals surface area contributed by atoms with Crippen LogP contribution in [-0.2, 0) is 0 Å². The molecule has 2 N–H and O–H groups in total. The second-order valence-electron chi connectivity index (χ2n) is 6.08. The van der Waals surface area contributed by atoms with Crippen molar-refractivity contribution in [2.24, 2.45) is 10.2 Å². The van der Waals surface area contributed by atoms with Crippen LogP contribution in [0.2, 0.25) is 0 Å². The van der Waals surface area contributed by atoms with Gasteiger partial charge in [-0.1, -0.05) is 42.5 Å². The van der Waals surface area contributed by atoms with E-state index in [0.717, 1.165) is 5.56 Å². The highest BCUT2D eigenvalue weighted by Gasteiger charge is 2.05. The van der Waals surface area contributed by atoms with Crippen LogP contribution in [0.25, 0.3) is 11.4 Å². The Kier molecular flexibility index (Phi) is 6.07. The summed E-state index contributed by atoms with van der Waals surface area (Å²) in [6.07, 6.45) is 6.62. The molecule has 146 valence electrons. The molecule has 0 saturated heterocycles. The van der Waals surface area contributed by atoms with E-state index in [2.05, 4.69) is 41.0 Å². The number of benzene rings is 1. The first-order valence-corrected chi connectivity index (χ1v) is 9.21. The summed E-state index contributed by atoms with van der Waals surface area (Å²) in [5.74, 6) is 1.87. The fourth-order valence-electron chi connectivity index (χ4n) is 2.52. The maximum atomic E-state index is 4.59. The molecule has 3 heterocycles. The van der Waals surface area contributed by atoms with Crippen LogP contribution in [0.5, 0.6) is 0 Å². The lowest BCUT2D eigenvalue weighted by Crippen LogP contribution is -2.02. The zero-order valence-electron chi connectivity index (χ0n) is 15.9. The van der Waals surface area contributed by atoms with Crippen molar-refractivity contribution in [3.8, 4) is 11.4 Å². The normalized spacial score (nSPS) is 11.1. The van der Waals surface area contributed by atoms with E-state index in [1.165, 1.54) is 0 Å². The molecule has 0 spiro atoms. The molecule has 4 rings (SSSR count). The highest BCUT2D eigenvalue weighted by molar-refractivity contribution is 5.84. The molecule has 0 aliphatic heterocycles. The molecular weight excluding hydrogens is 376 g/mol. The van der Waals surface area contributed by atoms with Crippen LogP contribution < -0.4 is 10.9 Å². The van der Waals surface area contributed by atoms with Crippen molar-refractivity contribution in [3.63, 3.8) is 0 Å². The average Bonchev–Trinajstić information content (AvgIpc) is 2.81. The third-order valence-corrected chi connectivity index (χ3v) is 3.88. The Morgan fingerprint density at radius 2 is 1.17 bits per heavy atom. The monoisotopic (exact) mass is 394 g/mol. The summed E-state index contributed by atoms with van der Waals surface area (Å²) in [5.41, 5.74) is 7.92. The van der Waals surface area contributed by atoms with E-state index in [4.69, 9.17) is 0 Å². The summed E-state index contributed by atoms with van der Waals surface area (Å²) >= 11 is 0. The molecule has 1 aromatic carbocycles. The van der Waals surface area contributed by atoms with Gasteiger partial charge in [-0.05, 0) is 30.3 Å². The number of nitrogens with zero attached hydrogens (tertiary/aromatic N) is 6. The SMILES string of the molecule is C(=N\Nc1ccccn1)/c1cc(/C=N/Nc2ccccn2)nc(-c2ccccc2)n1. The first kappa shape index (κ1) is 18.9. The van der Waals surface area contributed by atoms with Crippen molar-refractivity contribution in [2.45, 2.75) is 0 Å². The number of hydrogen-bond donors (Lipinski definition) is 2. The molecule has 4 aromatic rings. The molecule has 0 fully saturated rings. The summed E-state index contributed by atoms with van der Waals surface area (Å²) in [7, 11) is 0. The first-order valence-electron chi connectivity index (χ1n) is 9.21. The largest absolute Gasteiger partial charge is 0.261 e. The Hall–Kier alpha value is -4.46. The van der Waals surface area contributed by atoms with E-state index in [9.17, 15) is 0 Å². The lowest BCUT2D eigenvalue weighted by Gasteiger charge is -2.04. The molecule has 0 aliphatic rings. The topological polar surface area (TPSA) is 100 Å². The molecule has 0 aliphatic carbocycles.